The van der Waals surface area contributed by atoms with Crippen LogP contribution in [0.4, 0.5) is 0 Å². The van der Waals surface area contributed by atoms with Crippen LogP contribution in [0, 0.1) is 5.92 Å². The zero-order valence-corrected chi connectivity index (χ0v) is 11.3. The maximum absolute atomic E-state index is 6.09. The summed E-state index contributed by atoms with van der Waals surface area (Å²) in [5, 5.41) is 4.22. The Morgan fingerprint density at radius 1 is 1.47 bits per heavy atom. The van der Waals surface area contributed by atoms with Crippen LogP contribution in [0.5, 0.6) is 5.75 Å². The third-order valence-electron chi connectivity index (χ3n) is 3.25. The van der Waals surface area contributed by atoms with E-state index in [1.807, 2.05) is 12.1 Å². The molecule has 0 aromatic heterocycles. The van der Waals surface area contributed by atoms with Crippen LogP contribution in [-0.4, -0.2) is 13.2 Å². The average molecular weight is 254 g/mol. The standard InChI is InChI=1S/C14H20ClNO/c1-10(7-11-3-4-11)16-9-12-5-6-14(17-2)13(15)8-12/h5-6,8,10-11,16H,3-4,7,9H2,1-2H3. The Labute approximate surface area is 108 Å². The number of nitrogens with one attached hydrogen (secondary N) is 1. The van der Waals surface area contributed by atoms with E-state index in [0.29, 0.717) is 11.1 Å². The van der Waals surface area contributed by atoms with Crippen molar-refractivity contribution in [1.29, 1.82) is 0 Å². The highest BCUT2D eigenvalue weighted by molar-refractivity contribution is 6.32. The Kier molecular flexibility index (Phi) is 4.30. The topological polar surface area (TPSA) is 21.3 Å². The maximum atomic E-state index is 6.09. The third kappa shape index (κ3) is 3.90. The molecule has 1 fully saturated rings. The highest BCUT2D eigenvalue weighted by Gasteiger charge is 2.23. The van der Waals surface area contributed by atoms with Crippen molar-refractivity contribution in [3.63, 3.8) is 0 Å². The van der Waals surface area contributed by atoms with E-state index < -0.39 is 0 Å². The van der Waals surface area contributed by atoms with Crippen molar-refractivity contribution in [2.45, 2.75) is 38.8 Å². The molecular weight excluding hydrogens is 234 g/mol. The SMILES string of the molecule is COc1ccc(CNC(C)CC2CC2)cc1Cl. The molecule has 0 spiro atoms. The molecule has 17 heavy (non-hydrogen) atoms. The molecule has 3 heteroatoms. The van der Waals surface area contributed by atoms with Crippen molar-refractivity contribution in [2.75, 3.05) is 7.11 Å². The molecule has 1 unspecified atom stereocenters. The maximum Gasteiger partial charge on any atom is 0.137 e. The van der Waals surface area contributed by atoms with Gasteiger partial charge in [0, 0.05) is 12.6 Å². The summed E-state index contributed by atoms with van der Waals surface area (Å²) < 4.78 is 5.13. The van der Waals surface area contributed by atoms with Gasteiger partial charge < -0.3 is 10.1 Å². The van der Waals surface area contributed by atoms with Gasteiger partial charge in [-0.05, 0) is 37.0 Å². The molecule has 1 aromatic rings. The molecule has 0 saturated heterocycles. The number of hydrogen-bond acceptors (Lipinski definition) is 2. The molecule has 1 aliphatic rings. The van der Waals surface area contributed by atoms with Crippen LogP contribution in [0.2, 0.25) is 5.02 Å². The summed E-state index contributed by atoms with van der Waals surface area (Å²) in [6.45, 7) is 3.13. The van der Waals surface area contributed by atoms with Gasteiger partial charge in [0.2, 0.25) is 0 Å². The smallest absolute Gasteiger partial charge is 0.137 e. The minimum absolute atomic E-state index is 0.586. The molecule has 0 heterocycles. The normalized spacial score (nSPS) is 16.9. The highest BCUT2D eigenvalue weighted by atomic mass is 35.5. The van der Waals surface area contributed by atoms with Crippen molar-refractivity contribution in [3.05, 3.63) is 28.8 Å². The van der Waals surface area contributed by atoms with Gasteiger partial charge in [-0.25, -0.2) is 0 Å². The van der Waals surface area contributed by atoms with E-state index in [1.165, 1.54) is 24.8 Å². The number of halogens is 1. The fourth-order valence-corrected chi connectivity index (χ4v) is 2.33. The molecule has 0 bridgehead atoms. The lowest BCUT2D eigenvalue weighted by Gasteiger charge is -2.13. The first-order valence-electron chi connectivity index (χ1n) is 6.25. The van der Waals surface area contributed by atoms with Crippen LogP contribution in [-0.2, 0) is 6.54 Å². The van der Waals surface area contributed by atoms with Crippen molar-refractivity contribution in [3.8, 4) is 5.75 Å². The van der Waals surface area contributed by atoms with Gasteiger partial charge in [0.05, 0.1) is 12.1 Å². The monoisotopic (exact) mass is 253 g/mol. The lowest BCUT2D eigenvalue weighted by atomic mass is 10.1. The minimum atomic E-state index is 0.586. The van der Waals surface area contributed by atoms with Crippen LogP contribution in [0.25, 0.3) is 0 Å². The van der Waals surface area contributed by atoms with E-state index in [4.69, 9.17) is 16.3 Å². The second-order valence-corrected chi connectivity index (χ2v) is 5.34. The second kappa shape index (κ2) is 5.74. The second-order valence-electron chi connectivity index (χ2n) is 4.93. The fraction of sp³-hybridized carbons (Fsp3) is 0.571. The van der Waals surface area contributed by atoms with Crippen LogP contribution >= 0.6 is 11.6 Å². The molecular formula is C14H20ClNO. The summed E-state index contributed by atoms with van der Waals surface area (Å²) in [4.78, 5) is 0. The molecule has 1 saturated carbocycles. The third-order valence-corrected chi connectivity index (χ3v) is 3.55. The minimum Gasteiger partial charge on any atom is -0.495 e. The van der Waals surface area contributed by atoms with Gasteiger partial charge in [-0.15, -0.1) is 0 Å². The summed E-state index contributed by atoms with van der Waals surface area (Å²) in [6.07, 6.45) is 4.13. The molecule has 2 rings (SSSR count). The van der Waals surface area contributed by atoms with E-state index in [-0.39, 0.29) is 0 Å². The summed E-state index contributed by atoms with van der Waals surface area (Å²) in [5.74, 6) is 1.71. The van der Waals surface area contributed by atoms with Gasteiger partial charge in [-0.3, -0.25) is 0 Å². The van der Waals surface area contributed by atoms with Gasteiger partial charge in [0.1, 0.15) is 5.75 Å². The Hall–Kier alpha value is -0.730. The number of hydrogen-bond donors (Lipinski definition) is 1. The molecule has 1 atom stereocenters. The van der Waals surface area contributed by atoms with Crippen molar-refractivity contribution >= 4 is 11.6 Å². The van der Waals surface area contributed by atoms with Crippen molar-refractivity contribution < 1.29 is 4.74 Å². The molecule has 1 aromatic carbocycles. The molecule has 2 nitrogen and oxygen atoms in total. The average Bonchev–Trinajstić information content (AvgIpc) is 3.10. The summed E-state index contributed by atoms with van der Waals surface area (Å²) in [7, 11) is 1.64. The predicted molar refractivity (Wildman–Crippen MR) is 71.6 cm³/mol. The first-order valence-corrected chi connectivity index (χ1v) is 6.62. The highest BCUT2D eigenvalue weighted by Crippen LogP contribution is 2.33. The Morgan fingerprint density at radius 2 is 2.24 bits per heavy atom. The predicted octanol–water partition coefficient (Wildman–Crippen LogP) is 3.63. The van der Waals surface area contributed by atoms with Crippen LogP contribution in [0.15, 0.2) is 18.2 Å². The van der Waals surface area contributed by atoms with Crippen LogP contribution in [0.1, 0.15) is 31.7 Å². The van der Waals surface area contributed by atoms with E-state index in [9.17, 15) is 0 Å². The molecule has 0 aliphatic heterocycles. The Balaban J connectivity index is 1.83. The quantitative estimate of drug-likeness (QED) is 0.836. The first kappa shape index (κ1) is 12.7. The van der Waals surface area contributed by atoms with Crippen molar-refractivity contribution in [1.82, 2.24) is 5.32 Å². The summed E-state index contributed by atoms with van der Waals surface area (Å²) in [5.41, 5.74) is 1.21. The number of rotatable bonds is 6. The number of methoxy groups -OCH3 is 1. The molecule has 1 N–H and O–H groups in total. The van der Waals surface area contributed by atoms with Gasteiger partial charge in [-0.1, -0.05) is 30.5 Å². The van der Waals surface area contributed by atoms with E-state index in [1.54, 1.807) is 7.11 Å². The fourth-order valence-electron chi connectivity index (χ4n) is 2.05. The lowest BCUT2D eigenvalue weighted by molar-refractivity contribution is 0.414. The van der Waals surface area contributed by atoms with E-state index >= 15 is 0 Å². The molecule has 0 radical (unpaired) electrons. The zero-order chi connectivity index (χ0) is 12.3. The number of benzene rings is 1. The van der Waals surface area contributed by atoms with Gasteiger partial charge in [-0.2, -0.15) is 0 Å². The summed E-state index contributed by atoms with van der Waals surface area (Å²) >= 11 is 6.09. The first-order chi connectivity index (χ1) is 8.19. The molecule has 94 valence electrons. The van der Waals surface area contributed by atoms with Gasteiger partial charge in [0.15, 0.2) is 0 Å². The van der Waals surface area contributed by atoms with E-state index in [2.05, 4.69) is 18.3 Å². The van der Waals surface area contributed by atoms with Gasteiger partial charge in [0.25, 0.3) is 0 Å². The Morgan fingerprint density at radius 3 is 2.82 bits per heavy atom. The van der Waals surface area contributed by atoms with Crippen molar-refractivity contribution in [2.24, 2.45) is 5.92 Å². The van der Waals surface area contributed by atoms with Crippen LogP contribution < -0.4 is 10.1 Å². The molecule has 0 amide bonds. The number of ether oxygens (including phenoxy) is 1. The van der Waals surface area contributed by atoms with Gasteiger partial charge >= 0.3 is 0 Å². The largest absolute Gasteiger partial charge is 0.495 e. The zero-order valence-electron chi connectivity index (χ0n) is 10.5. The molecule has 1 aliphatic carbocycles. The Bertz CT molecular complexity index is 376. The lowest BCUT2D eigenvalue weighted by Crippen LogP contribution is -2.25. The summed E-state index contributed by atoms with van der Waals surface area (Å²) in [6, 6.07) is 6.53. The van der Waals surface area contributed by atoms with E-state index in [0.717, 1.165) is 18.2 Å². The van der Waals surface area contributed by atoms with Crippen LogP contribution in [0.3, 0.4) is 0 Å².